The van der Waals surface area contributed by atoms with Crippen molar-refractivity contribution in [3.05, 3.63) is 70.4 Å². The molecular formula is C23H22ClNO3. The first kappa shape index (κ1) is 18.8. The van der Waals surface area contributed by atoms with E-state index in [2.05, 4.69) is 0 Å². The average Bonchev–Trinajstić information content (AvgIpc) is 2.62. The van der Waals surface area contributed by atoms with Gasteiger partial charge in [0.1, 0.15) is 5.75 Å². The second-order valence-electron chi connectivity index (χ2n) is 8.33. The van der Waals surface area contributed by atoms with Crippen molar-refractivity contribution in [1.29, 1.82) is 0 Å². The highest BCUT2D eigenvalue weighted by molar-refractivity contribution is 6.34. The molecule has 144 valence electrons. The van der Waals surface area contributed by atoms with Gasteiger partial charge in [-0.25, -0.2) is 0 Å². The maximum Gasteiger partial charge on any atom is 0.232 e. The van der Waals surface area contributed by atoms with Crippen LogP contribution in [-0.4, -0.2) is 16.8 Å². The van der Waals surface area contributed by atoms with Crippen LogP contribution in [0.3, 0.4) is 0 Å². The Bertz CT molecular complexity index is 991. The number of Topliss-reactive ketones (excluding diaryl/α,β-unsaturated/α-hetero) is 1. The van der Waals surface area contributed by atoms with Crippen molar-refractivity contribution in [3.63, 3.8) is 0 Å². The number of hydrogen-bond acceptors (Lipinski definition) is 3. The molecule has 0 fully saturated rings. The Kier molecular flexibility index (Phi) is 4.54. The third-order valence-electron chi connectivity index (χ3n) is 5.53. The lowest BCUT2D eigenvalue weighted by molar-refractivity contribution is -0.121. The smallest absolute Gasteiger partial charge is 0.232 e. The Balaban J connectivity index is 1.91. The molecule has 5 heteroatoms. The number of carbonyl (C=O) groups excluding carboxylic acids is 2. The number of carbonyl (C=O) groups is 2. The predicted octanol–water partition coefficient (Wildman–Crippen LogP) is 5.21. The van der Waals surface area contributed by atoms with Crippen LogP contribution in [0.2, 0.25) is 5.02 Å². The van der Waals surface area contributed by atoms with Crippen LogP contribution in [0.25, 0.3) is 0 Å². The molecule has 0 aromatic heterocycles. The molecule has 0 radical (unpaired) electrons. The Morgan fingerprint density at radius 3 is 2.39 bits per heavy atom. The van der Waals surface area contributed by atoms with E-state index in [1.54, 1.807) is 35.2 Å². The highest BCUT2D eigenvalue weighted by Gasteiger charge is 2.44. The van der Waals surface area contributed by atoms with E-state index < -0.39 is 0 Å². The number of phenols is 1. The van der Waals surface area contributed by atoms with Crippen LogP contribution in [0.5, 0.6) is 5.75 Å². The molecule has 1 unspecified atom stereocenters. The summed E-state index contributed by atoms with van der Waals surface area (Å²) in [6.45, 7) is 4.10. The number of hydrogen-bond donors (Lipinski definition) is 1. The first-order valence-corrected chi connectivity index (χ1v) is 9.77. The van der Waals surface area contributed by atoms with Crippen LogP contribution in [0.1, 0.15) is 44.6 Å². The Morgan fingerprint density at radius 2 is 1.71 bits per heavy atom. The van der Waals surface area contributed by atoms with Gasteiger partial charge in [0.15, 0.2) is 5.78 Å². The third kappa shape index (κ3) is 3.22. The summed E-state index contributed by atoms with van der Waals surface area (Å²) in [5, 5.41) is 10.1. The Hall–Kier alpha value is -2.59. The predicted molar refractivity (Wildman–Crippen MR) is 109 cm³/mol. The molecule has 1 heterocycles. The van der Waals surface area contributed by atoms with E-state index in [1.165, 1.54) is 0 Å². The van der Waals surface area contributed by atoms with Crippen molar-refractivity contribution < 1.29 is 14.7 Å². The first-order chi connectivity index (χ1) is 13.3. The van der Waals surface area contributed by atoms with Gasteiger partial charge in [0.2, 0.25) is 5.91 Å². The van der Waals surface area contributed by atoms with Crippen LogP contribution in [0.15, 0.2) is 59.8 Å². The van der Waals surface area contributed by atoms with Gasteiger partial charge < -0.3 is 5.11 Å². The molecule has 0 bridgehead atoms. The zero-order valence-corrected chi connectivity index (χ0v) is 16.7. The number of benzene rings is 2. The fraction of sp³-hybridized carbons (Fsp3) is 0.304. The van der Waals surface area contributed by atoms with Crippen molar-refractivity contribution >= 4 is 29.0 Å². The van der Waals surface area contributed by atoms with Gasteiger partial charge in [-0.3, -0.25) is 14.5 Å². The number of halogens is 1. The zero-order valence-electron chi connectivity index (χ0n) is 15.9. The quantitative estimate of drug-likeness (QED) is 0.759. The maximum absolute atomic E-state index is 13.2. The van der Waals surface area contributed by atoms with E-state index in [0.29, 0.717) is 29.1 Å². The van der Waals surface area contributed by atoms with Gasteiger partial charge in [-0.05, 0) is 41.7 Å². The second kappa shape index (κ2) is 6.78. The topological polar surface area (TPSA) is 57.6 Å². The van der Waals surface area contributed by atoms with E-state index in [9.17, 15) is 14.7 Å². The summed E-state index contributed by atoms with van der Waals surface area (Å²) >= 11 is 6.40. The van der Waals surface area contributed by atoms with Crippen molar-refractivity contribution in [2.24, 2.45) is 5.41 Å². The summed E-state index contributed by atoms with van der Waals surface area (Å²) in [5.41, 5.74) is 2.71. The molecule has 1 N–H and O–H groups in total. The lowest BCUT2D eigenvalue weighted by Gasteiger charge is -2.43. The van der Waals surface area contributed by atoms with Gasteiger partial charge in [-0.15, -0.1) is 0 Å². The summed E-state index contributed by atoms with van der Waals surface area (Å²) in [4.78, 5) is 28.1. The molecule has 1 aliphatic heterocycles. The third-order valence-corrected chi connectivity index (χ3v) is 5.85. The highest BCUT2D eigenvalue weighted by Crippen LogP contribution is 2.49. The van der Waals surface area contributed by atoms with Crippen molar-refractivity contribution in [2.75, 3.05) is 4.90 Å². The number of para-hydroxylation sites is 1. The van der Waals surface area contributed by atoms with Crippen LogP contribution in [0.4, 0.5) is 5.69 Å². The molecule has 1 amide bonds. The van der Waals surface area contributed by atoms with Gasteiger partial charge in [-0.1, -0.05) is 49.7 Å². The van der Waals surface area contributed by atoms with E-state index in [-0.39, 0.29) is 35.2 Å². The highest BCUT2D eigenvalue weighted by atomic mass is 35.5. The van der Waals surface area contributed by atoms with E-state index in [1.807, 2.05) is 32.0 Å². The molecule has 2 aliphatic rings. The summed E-state index contributed by atoms with van der Waals surface area (Å²) < 4.78 is 0. The minimum atomic E-state index is -0.301. The molecule has 2 aromatic carbocycles. The zero-order chi connectivity index (χ0) is 20.1. The number of aromatic hydroxyl groups is 1. The van der Waals surface area contributed by atoms with Crippen LogP contribution in [0, 0.1) is 5.41 Å². The lowest BCUT2D eigenvalue weighted by atomic mass is 9.69. The number of amides is 1. The summed E-state index contributed by atoms with van der Waals surface area (Å²) in [6, 6.07) is 14.0. The van der Waals surface area contributed by atoms with Crippen LogP contribution < -0.4 is 4.90 Å². The van der Waals surface area contributed by atoms with Crippen molar-refractivity contribution in [2.45, 2.75) is 39.0 Å². The summed E-state index contributed by atoms with van der Waals surface area (Å²) in [7, 11) is 0. The molecule has 2 aromatic rings. The van der Waals surface area contributed by atoms with Crippen LogP contribution >= 0.6 is 11.6 Å². The monoisotopic (exact) mass is 395 g/mol. The van der Waals surface area contributed by atoms with Gasteiger partial charge in [-0.2, -0.15) is 0 Å². The molecular weight excluding hydrogens is 374 g/mol. The van der Waals surface area contributed by atoms with Crippen molar-refractivity contribution in [3.8, 4) is 5.75 Å². The van der Waals surface area contributed by atoms with E-state index >= 15 is 0 Å². The summed E-state index contributed by atoms with van der Waals surface area (Å²) in [6.07, 6.45) is 1.27. The Morgan fingerprint density at radius 1 is 1.04 bits per heavy atom. The lowest BCUT2D eigenvalue weighted by Crippen LogP contribution is -2.43. The van der Waals surface area contributed by atoms with Gasteiger partial charge in [0.05, 0.1) is 10.7 Å². The largest absolute Gasteiger partial charge is 0.508 e. The molecule has 4 rings (SSSR count). The van der Waals surface area contributed by atoms with Gasteiger partial charge >= 0.3 is 0 Å². The molecule has 0 saturated carbocycles. The average molecular weight is 396 g/mol. The second-order valence-corrected chi connectivity index (χ2v) is 8.74. The molecule has 4 nitrogen and oxygen atoms in total. The molecule has 0 spiro atoms. The van der Waals surface area contributed by atoms with E-state index in [4.69, 9.17) is 11.6 Å². The normalized spacial score (nSPS) is 21.7. The van der Waals surface area contributed by atoms with E-state index in [0.717, 1.165) is 11.3 Å². The molecule has 1 aliphatic carbocycles. The number of nitrogens with zero attached hydrogens (tertiary/aromatic N) is 1. The SMILES string of the molecule is CC1(C)CC(=O)C2=C(C1)N(c1ccccc1Cl)C(=O)CC2c1ccc(O)cc1. The van der Waals surface area contributed by atoms with Crippen LogP contribution in [-0.2, 0) is 9.59 Å². The van der Waals surface area contributed by atoms with Crippen molar-refractivity contribution in [1.82, 2.24) is 0 Å². The number of ketones is 1. The fourth-order valence-corrected chi connectivity index (χ4v) is 4.54. The number of phenolic OH excluding ortho intramolecular Hbond substituents is 1. The molecule has 1 atom stereocenters. The minimum absolute atomic E-state index is 0.0737. The molecule has 0 saturated heterocycles. The standard InChI is InChI=1S/C23H22ClNO3/c1-23(2)12-19-22(20(27)13-23)16(14-7-9-15(26)10-8-14)11-21(28)25(19)18-6-4-3-5-17(18)24/h3-10,16,26H,11-13H2,1-2H3. The number of anilines is 1. The number of rotatable bonds is 2. The number of allylic oxidation sites excluding steroid dienone is 2. The first-order valence-electron chi connectivity index (χ1n) is 9.39. The Labute approximate surface area is 169 Å². The van der Waals surface area contributed by atoms with Gasteiger partial charge in [0, 0.05) is 30.0 Å². The fourth-order valence-electron chi connectivity index (χ4n) is 4.32. The summed E-state index contributed by atoms with van der Waals surface area (Å²) in [5.74, 6) is -0.136. The minimum Gasteiger partial charge on any atom is -0.508 e. The molecule has 28 heavy (non-hydrogen) atoms. The van der Waals surface area contributed by atoms with Gasteiger partial charge in [0.25, 0.3) is 0 Å². The maximum atomic E-state index is 13.2.